The average molecular weight is 471 g/mol. The second-order valence-corrected chi connectivity index (χ2v) is 9.04. The summed E-state index contributed by atoms with van der Waals surface area (Å²) in [6, 6.07) is 19.5. The largest absolute Gasteiger partial charge is 0.496 e. The monoisotopic (exact) mass is 470 g/mol. The lowest BCUT2D eigenvalue weighted by Crippen LogP contribution is -2.46. The Labute approximate surface area is 204 Å². The van der Waals surface area contributed by atoms with E-state index in [9.17, 15) is 9.59 Å². The topological polar surface area (TPSA) is 76.5 Å². The lowest BCUT2D eigenvalue weighted by molar-refractivity contribution is -0.126. The van der Waals surface area contributed by atoms with E-state index in [0.717, 1.165) is 46.2 Å². The van der Waals surface area contributed by atoms with Crippen LogP contribution in [0.2, 0.25) is 0 Å². The standard InChI is InChI=1S/C28H30N4O3/c1-19-30-24-11-5-6-12-25(24)32(19)17-15-29-27(33)20-8-7-16-31(18-20)28(34)23-13-14-26(35-2)22-10-4-3-9-21(22)23/h3-6,9-14,20H,7-8,15-18H2,1-2H3,(H,29,33). The molecule has 180 valence electrons. The highest BCUT2D eigenvalue weighted by Crippen LogP contribution is 2.30. The molecule has 1 aliphatic rings. The molecule has 7 heteroatoms. The smallest absolute Gasteiger partial charge is 0.254 e. The lowest BCUT2D eigenvalue weighted by atomic mass is 9.95. The third-order valence-electron chi connectivity index (χ3n) is 6.89. The normalized spacial score (nSPS) is 15.9. The number of benzene rings is 3. The van der Waals surface area contributed by atoms with Crippen molar-refractivity contribution < 1.29 is 14.3 Å². The zero-order valence-corrected chi connectivity index (χ0v) is 20.2. The van der Waals surface area contributed by atoms with Gasteiger partial charge in [-0.2, -0.15) is 0 Å². The Morgan fingerprint density at radius 2 is 1.83 bits per heavy atom. The molecular weight excluding hydrogens is 440 g/mol. The van der Waals surface area contributed by atoms with Crippen molar-refractivity contribution in [2.24, 2.45) is 5.92 Å². The van der Waals surface area contributed by atoms with Crippen molar-refractivity contribution in [2.45, 2.75) is 26.3 Å². The van der Waals surface area contributed by atoms with Crippen LogP contribution in [0.4, 0.5) is 0 Å². The highest BCUT2D eigenvalue weighted by atomic mass is 16.5. The van der Waals surface area contributed by atoms with Crippen LogP contribution in [0.5, 0.6) is 5.75 Å². The maximum Gasteiger partial charge on any atom is 0.254 e. The number of methoxy groups -OCH3 is 1. The summed E-state index contributed by atoms with van der Waals surface area (Å²) in [5.74, 6) is 1.43. The van der Waals surface area contributed by atoms with Gasteiger partial charge in [0.15, 0.2) is 0 Å². The Balaban J connectivity index is 1.24. The first-order chi connectivity index (χ1) is 17.1. The van der Waals surface area contributed by atoms with E-state index in [1.165, 1.54) is 0 Å². The number of likely N-dealkylation sites (tertiary alicyclic amines) is 1. The molecule has 1 aliphatic heterocycles. The van der Waals surface area contributed by atoms with Gasteiger partial charge in [0.05, 0.1) is 24.1 Å². The van der Waals surface area contributed by atoms with Gasteiger partial charge in [-0.25, -0.2) is 4.98 Å². The molecule has 0 aliphatic carbocycles. The highest BCUT2D eigenvalue weighted by molar-refractivity contribution is 6.08. The summed E-state index contributed by atoms with van der Waals surface area (Å²) >= 11 is 0. The summed E-state index contributed by atoms with van der Waals surface area (Å²) in [5.41, 5.74) is 2.68. The molecule has 2 amide bonds. The quantitative estimate of drug-likeness (QED) is 0.459. The number of aromatic nitrogens is 2. The Bertz CT molecular complexity index is 1390. The third-order valence-corrected chi connectivity index (χ3v) is 6.89. The van der Waals surface area contributed by atoms with Gasteiger partial charge in [0.1, 0.15) is 11.6 Å². The van der Waals surface area contributed by atoms with Gasteiger partial charge in [0.2, 0.25) is 5.91 Å². The van der Waals surface area contributed by atoms with Crippen molar-refractivity contribution in [1.29, 1.82) is 0 Å². The van der Waals surface area contributed by atoms with Gasteiger partial charge in [-0.1, -0.05) is 36.4 Å². The number of ether oxygens (including phenoxy) is 1. The fraction of sp³-hybridized carbons (Fsp3) is 0.321. The molecule has 1 N–H and O–H groups in total. The number of hydrogen-bond donors (Lipinski definition) is 1. The molecule has 1 fully saturated rings. The number of imidazole rings is 1. The number of hydrogen-bond acceptors (Lipinski definition) is 4. The molecule has 1 atom stereocenters. The number of nitrogens with zero attached hydrogens (tertiary/aromatic N) is 3. The molecule has 7 nitrogen and oxygen atoms in total. The first kappa shape index (κ1) is 22.9. The van der Waals surface area contributed by atoms with E-state index in [0.29, 0.717) is 31.7 Å². The maximum atomic E-state index is 13.5. The first-order valence-electron chi connectivity index (χ1n) is 12.1. The average Bonchev–Trinajstić information content (AvgIpc) is 3.22. The van der Waals surface area contributed by atoms with Crippen molar-refractivity contribution in [1.82, 2.24) is 19.8 Å². The van der Waals surface area contributed by atoms with E-state index in [4.69, 9.17) is 4.74 Å². The number of carbonyl (C=O) groups excluding carboxylic acids is 2. The zero-order valence-electron chi connectivity index (χ0n) is 20.2. The maximum absolute atomic E-state index is 13.5. The van der Waals surface area contributed by atoms with Crippen LogP contribution in [-0.2, 0) is 11.3 Å². The van der Waals surface area contributed by atoms with Gasteiger partial charge in [0, 0.05) is 37.1 Å². The van der Waals surface area contributed by atoms with E-state index >= 15 is 0 Å². The van der Waals surface area contributed by atoms with Gasteiger partial charge in [-0.15, -0.1) is 0 Å². The fourth-order valence-electron chi connectivity index (χ4n) is 5.10. The van der Waals surface area contributed by atoms with Crippen LogP contribution in [0.15, 0.2) is 60.7 Å². The van der Waals surface area contributed by atoms with Crippen LogP contribution < -0.4 is 10.1 Å². The Morgan fingerprint density at radius 3 is 2.66 bits per heavy atom. The van der Waals surface area contributed by atoms with Gasteiger partial charge < -0.3 is 19.5 Å². The summed E-state index contributed by atoms with van der Waals surface area (Å²) in [7, 11) is 1.63. The number of rotatable bonds is 6. The SMILES string of the molecule is COc1ccc(C(=O)N2CCCC(C(=O)NCCn3c(C)nc4ccccc43)C2)c2ccccc12. The van der Waals surface area contributed by atoms with E-state index in [1.807, 2.05) is 72.5 Å². The molecule has 4 aromatic rings. The van der Waals surface area contributed by atoms with Crippen molar-refractivity contribution in [3.05, 3.63) is 72.1 Å². The minimum absolute atomic E-state index is 0.00385. The number of para-hydroxylation sites is 2. The van der Waals surface area contributed by atoms with Crippen molar-refractivity contribution in [2.75, 3.05) is 26.7 Å². The van der Waals surface area contributed by atoms with Gasteiger partial charge in [-0.3, -0.25) is 9.59 Å². The number of nitrogens with one attached hydrogen (secondary N) is 1. The van der Waals surface area contributed by atoms with Crippen LogP contribution >= 0.6 is 0 Å². The summed E-state index contributed by atoms with van der Waals surface area (Å²) in [6.45, 7) is 4.25. The fourth-order valence-corrected chi connectivity index (χ4v) is 5.10. The molecule has 5 rings (SSSR count). The Morgan fingerprint density at radius 1 is 1.06 bits per heavy atom. The number of fused-ring (bicyclic) bond motifs is 2. The molecule has 1 saturated heterocycles. The van der Waals surface area contributed by atoms with E-state index in [-0.39, 0.29) is 17.7 Å². The highest BCUT2D eigenvalue weighted by Gasteiger charge is 2.29. The predicted molar refractivity (Wildman–Crippen MR) is 137 cm³/mol. The molecule has 3 aromatic carbocycles. The van der Waals surface area contributed by atoms with Crippen LogP contribution in [0.3, 0.4) is 0 Å². The summed E-state index contributed by atoms with van der Waals surface area (Å²) in [4.78, 5) is 32.8. The van der Waals surface area contributed by atoms with Crippen LogP contribution in [0, 0.1) is 12.8 Å². The van der Waals surface area contributed by atoms with Crippen LogP contribution in [-0.4, -0.2) is 53.0 Å². The minimum atomic E-state index is -0.210. The molecule has 1 aromatic heterocycles. The van der Waals surface area contributed by atoms with E-state index in [2.05, 4.69) is 14.9 Å². The molecule has 0 spiro atoms. The zero-order chi connectivity index (χ0) is 24.4. The molecule has 35 heavy (non-hydrogen) atoms. The predicted octanol–water partition coefficient (Wildman–Crippen LogP) is 4.18. The van der Waals surface area contributed by atoms with Crippen molar-refractivity contribution in [3.63, 3.8) is 0 Å². The van der Waals surface area contributed by atoms with E-state index in [1.54, 1.807) is 7.11 Å². The van der Waals surface area contributed by atoms with Crippen molar-refractivity contribution >= 4 is 33.6 Å². The van der Waals surface area contributed by atoms with Gasteiger partial charge in [-0.05, 0) is 49.4 Å². The lowest BCUT2D eigenvalue weighted by Gasteiger charge is -2.32. The third kappa shape index (κ3) is 4.46. The summed E-state index contributed by atoms with van der Waals surface area (Å²) in [5, 5.41) is 4.86. The number of carbonyl (C=O) groups is 2. The molecule has 0 saturated carbocycles. The van der Waals surface area contributed by atoms with Crippen molar-refractivity contribution in [3.8, 4) is 5.75 Å². The van der Waals surface area contributed by atoms with Crippen LogP contribution in [0.1, 0.15) is 29.0 Å². The van der Waals surface area contributed by atoms with Gasteiger partial charge in [0.25, 0.3) is 5.91 Å². The van der Waals surface area contributed by atoms with Crippen LogP contribution in [0.25, 0.3) is 21.8 Å². The molecule has 0 bridgehead atoms. The second-order valence-electron chi connectivity index (χ2n) is 9.04. The molecule has 0 radical (unpaired) electrons. The molecule has 1 unspecified atom stereocenters. The second kappa shape index (κ2) is 9.78. The molecular formula is C28H30N4O3. The van der Waals surface area contributed by atoms with Gasteiger partial charge >= 0.3 is 0 Å². The number of piperidine rings is 1. The number of amides is 2. The molecule has 2 heterocycles. The summed E-state index contributed by atoms with van der Waals surface area (Å²) in [6.07, 6.45) is 1.59. The minimum Gasteiger partial charge on any atom is -0.496 e. The summed E-state index contributed by atoms with van der Waals surface area (Å²) < 4.78 is 7.59. The Kier molecular flexibility index (Phi) is 6.40. The first-order valence-corrected chi connectivity index (χ1v) is 12.1. The Hall–Kier alpha value is -3.87. The number of aryl methyl sites for hydroxylation is 1. The van der Waals surface area contributed by atoms with E-state index < -0.39 is 0 Å².